The number of benzene rings is 4. The van der Waals surface area contributed by atoms with E-state index in [1.54, 1.807) is 5.56 Å². The maximum absolute atomic E-state index is 6.76. The predicted octanol–water partition coefficient (Wildman–Crippen LogP) is 9.10. The quantitative estimate of drug-likeness (QED) is 0.238. The molecule has 0 bridgehead atoms. The molecule has 4 aromatic carbocycles. The Morgan fingerprint density at radius 2 is 1.40 bits per heavy atom. The minimum atomic E-state index is 0.201. The molecule has 4 aromatic rings. The lowest BCUT2D eigenvalue weighted by Gasteiger charge is -2.54. The standard InChI is InChI=1S/C38H40O2/c1-38-24-34(29-15-9-4-10-16-29)37-32-20-18-31(39-25-27-11-5-2-6-12-27)23-30(32)17-19-33(37)35(38)21-22-36(38)40-26-28-13-7-3-8-14-28/h2-16,18,20,23,33-37H,17,19,21-22,24-26H2,1H3/t33-,34+,35-,36-,37+,38-/m0/s1. The Labute approximate surface area is 239 Å². The molecule has 0 aliphatic heterocycles. The molecule has 7 rings (SSSR count). The van der Waals surface area contributed by atoms with Gasteiger partial charge in [0.15, 0.2) is 0 Å². The summed E-state index contributed by atoms with van der Waals surface area (Å²) >= 11 is 0. The third kappa shape index (κ3) is 4.77. The molecule has 0 spiro atoms. The minimum absolute atomic E-state index is 0.201. The third-order valence-corrected chi connectivity index (χ3v) is 10.4. The molecule has 0 unspecified atom stereocenters. The van der Waals surface area contributed by atoms with Gasteiger partial charge in [-0.1, -0.05) is 104 Å². The lowest BCUT2D eigenvalue weighted by Crippen LogP contribution is -2.47. The molecule has 40 heavy (non-hydrogen) atoms. The fourth-order valence-corrected chi connectivity index (χ4v) is 8.54. The zero-order chi connectivity index (χ0) is 26.9. The summed E-state index contributed by atoms with van der Waals surface area (Å²) in [6.07, 6.45) is 6.37. The van der Waals surface area contributed by atoms with Crippen molar-refractivity contribution in [2.75, 3.05) is 0 Å². The molecular weight excluding hydrogens is 488 g/mol. The van der Waals surface area contributed by atoms with Crippen LogP contribution in [-0.2, 0) is 24.4 Å². The molecule has 0 aromatic heterocycles. The fraction of sp³-hybridized carbons (Fsp3) is 0.368. The highest BCUT2D eigenvalue weighted by Gasteiger charge is 2.58. The van der Waals surface area contributed by atoms with E-state index in [0.717, 1.165) is 12.2 Å². The fourth-order valence-electron chi connectivity index (χ4n) is 8.54. The summed E-state index contributed by atoms with van der Waals surface area (Å²) in [6, 6.07) is 39.5. The van der Waals surface area contributed by atoms with Gasteiger partial charge >= 0.3 is 0 Å². The van der Waals surface area contributed by atoms with E-state index in [2.05, 4.69) is 116 Å². The second kappa shape index (κ2) is 10.9. The average Bonchev–Trinajstić information content (AvgIpc) is 3.35. The lowest BCUT2D eigenvalue weighted by molar-refractivity contribution is -0.0766. The number of fused-ring (bicyclic) bond motifs is 5. The van der Waals surface area contributed by atoms with Gasteiger partial charge in [0, 0.05) is 0 Å². The Hall–Kier alpha value is -3.36. The van der Waals surface area contributed by atoms with Gasteiger partial charge in [0.2, 0.25) is 0 Å². The van der Waals surface area contributed by atoms with E-state index >= 15 is 0 Å². The molecule has 3 aliphatic carbocycles. The minimum Gasteiger partial charge on any atom is -0.489 e. The number of hydrogen-bond donors (Lipinski definition) is 0. The molecule has 2 saturated carbocycles. The second-order valence-corrected chi connectivity index (χ2v) is 12.6. The van der Waals surface area contributed by atoms with Crippen molar-refractivity contribution in [1.29, 1.82) is 0 Å². The first kappa shape index (κ1) is 25.6. The van der Waals surface area contributed by atoms with Gasteiger partial charge in [-0.05, 0) is 101 Å². The average molecular weight is 529 g/mol. The highest BCUT2D eigenvalue weighted by atomic mass is 16.5. The van der Waals surface area contributed by atoms with Gasteiger partial charge in [-0.25, -0.2) is 0 Å². The predicted molar refractivity (Wildman–Crippen MR) is 161 cm³/mol. The van der Waals surface area contributed by atoms with Crippen LogP contribution in [0.2, 0.25) is 0 Å². The molecule has 0 radical (unpaired) electrons. The highest BCUT2D eigenvalue weighted by molar-refractivity contribution is 5.44. The smallest absolute Gasteiger partial charge is 0.120 e. The lowest BCUT2D eigenvalue weighted by atomic mass is 9.51. The van der Waals surface area contributed by atoms with Crippen molar-refractivity contribution >= 4 is 0 Å². The number of ether oxygens (including phenoxy) is 2. The summed E-state index contributed by atoms with van der Waals surface area (Å²) < 4.78 is 13.0. The molecule has 0 amide bonds. The number of aryl methyl sites for hydroxylation is 1. The van der Waals surface area contributed by atoms with Crippen molar-refractivity contribution < 1.29 is 9.47 Å². The van der Waals surface area contributed by atoms with E-state index in [0.29, 0.717) is 43.0 Å². The Bertz CT molecular complexity index is 1420. The molecular formula is C38H40O2. The van der Waals surface area contributed by atoms with E-state index in [1.807, 2.05) is 0 Å². The van der Waals surface area contributed by atoms with Crippen LogP contribution in [0.15, 0.2) is 109 Å². The van der Waals surface area contributed by atoms with Gasteiger partial charge in [0.25, 0.3) is 0 Å². The number of rotatable bonds is 7. The van der Waals surface area contributed by atoms with Crippen molar-refractivity contribution in [2.45, 2.75) is 70.2 Å². The van der Waals surface area contributed by atoms with Crippen LogP contribution in [0.3, 0.4) is 0 Å². The van der Waals surface area contributed by atoms with Crippen molar-refractivity contribution in [3.8, 4) is 5.75 Å². The maximum atomic E-state index is 6.76. The molecule has 204 valence electrons. The second-order valence-electron chi connectivity index (χ2n) is 12.6. The van der Waals surface area contributed by atoms with Gasteiger partial charge in [-0.3, -0.25) is 0 Å². The summed E-state index contributed by atoms with van der Waals surface area (Å²) in [6.45, 7) is 3.89. The summed E-state index contributed by atoms with van der Waals surface area (Å²) in [5, 5.41) is 0. The molecule has 0 heterocycles. The van der Waals surface area contributed by atoms with Crippen LogP contribution in [0.4, 0.5) is 0 Å². The first-order valence-corrected chi connectivity index (χ1v) is 15.2. The van der Waals surface area contributed by atoms with Crippen LogP contribution in [0, 0.1) is 17.3 Å². The molecule has 0 saturated heterocycles. The van der Waals surface area contributed by atoms with Crippen LogP contribution >= 0.6 is 0 Å². The van der Waals surface area contributed by atoms with Gasteiger partial charge in [0.05, 0.1) is 12.7 Å². The van der Waals surface area contributed by atoms with Crippen LogP contribution in [-0.4, -0.2) is 6.10 Å². The summed E-state index contributed by atoms with van der Waals surface area (Å²) in [5.41, 5.74) is 7.23. The van der Waals surface area contributed by atoms with E-state index in [1.165, 1.54) is 47.9 Å². The maximum Gasteiger partial charge on any atom is 0.120 e. The summed E-state index contributed by atoms with van der Waals surface area (Å²) in [5.74, 6) is 3.45. The van der Waals surface area contributed by atoms with Crippen molar-refractivity contribution in [2.24, 2.45) is 17.3 Å². The largest absolute Gasteiger partial charge is 0.489 e. The van der Waals surface area contributed by atoms with E-state index in [-0.39, 0.29) is 5.41 Å². The van der Waals surface area contributed by atoms with Crippen LogP contribution in [0.1, 0.15) is 72.3 Å². The van der Waals surface area contributed by atoms with E-state index in [4.69, 9.17) is 9.47 Å². The molecule has 0 N–H and O–H groups in total. The van der Waals surface area contributed by atoms with E-state index in [9.17, 15) is 0 Å². The first-order chi connectivity index (χ1) is 19.7. The van der Waals surface area contributed by atoms with Crippen LogP contribution < -0.4 is 4.74 Å². The molecule has 3 aliphatic rings. The monoisotopic (exact) mass is 528 g/mol. The molecule has 2 nitrogen and oxygen atoms in total. The molecule has 2 fully saturated rings. The third-order valence-electron chi connectivity index (χ3n) is 10.4. The van der Waals surface area contributed by atoms with Crippen LogP contribution in [0.25, 0.3) is 0 Å². The van der Waals surface area contributed by atoms with E-state index < -0.39 is 0 Å². The van der Waals surface area contributed by atoms with Crippen molar-refractivity contribution in [1.82, 2.24) is 0 Å². The molecule has 6 atom stereocenters. The van der Waals surface area contributed by atoms with Crippen LogP contribution in [0.5, 0.6) is 5.75 Å². The molecule has 2 heteroatoms. The normalized spacial score (nSPS) is 28.8. The topological polar surface area (TPSA) is 18.5 Å². The summed E-state index contributed by atoms with van der Waals surface area (Å²) in [4.78, 5) is 0. The zero-order valence-corrected chi connectivity index (χ0v) is 23.5. The van der Waals surface area contributed by atoms with Gasteiger partial charge < -0.3 is 9.47 Å². The highest BCUT2D eigenvalue weighted by Crippen LogP contribution is 2.65. The first-order valence-electron chi connectivity index (χ1n) is 15.2. The van der Waals surface area contributed by atoms with Gasteiger partial charge in [0.1, 0.15) is 12.4 Å². The number of hydrogen-bond acceptors (Lipinski definition) is 2. The van der Waals surface area contributed by atoms with Crippen molar-refractivity contribution in [3.63, 3.8) is 0 Å². The summed E-state index contributed by atoms with van der Waals surface area (Å²) in [7, 11) is 0. The zero-order valence-electron chi connectivity index (χ0n) is 23.5. The Morgan fingerprint density at radius 3 is 2.12 bits per heavy atom. The Kier molecular flexibility index (Phi) is 6.97. The Morgan fingerprint density at radius 1 is 0.725 bits per heavy atom. The Balaban J connectivity index is 1.18. The van der Waals surface area contributed by atoms with Crippen molar-refractivity contribution in [3.05, 3.63) is 137 Å². The van der Waals surface area contributed by atoms with Gasteiger partial charge in [-0.15, -0.1) is 0 Å². The van der Waals surface area contributed by atoms with Gasteiger partial charge in [-0.2, -0.15) is 0 Å². The SMILES string of the molecule is C[C@]12C[C@H](c3ccccc3)[C@@H]3c4ccc(OCc5ccccc5)cc4CC[C@H]3[C@@H]1CC[C@@H]2OCc1ccccc1.